The Bertz CT molecular complexity index is 900. The standard InChI is InChI=1S/C17H13AsN2OS/c21-13-7-5-12(6-8-13)18(17-9-10-19-20-17)15-11-22-16-4-2-1-3-14(15)16/h1-11,21H,(H,19,20). The van der Waals surface area contributed by atoms with Crippen molar-refractivity contribution in [1.82, 2.24) is 10.2 Å². The Morgan fingerprint density at radius 1 is 1.00 bits per heavy atom. The Labute approximate surface area is 136 Å². The summed E-state index contributed by atoms with van der Waals surface area (Å²) < 4.78 is 5.19. The molecule has 0 amide bonds. The minimum atomic E-state index is -1.68. The van der Waals surface area contributed by atoms with Crippen LogP contribution in [0.3, 0.4) is 0 Å². The quantitative estimate of drug-likeness (QED) is 0.543. The summed E-state index contributed by atoms with van der Waals surface area (Å²) >= 11 is 0.105. The van der Waals surface area contributed by atoms with Gasteiger partial charge < -0.3 is 0 Å². The van der Waals surface area contributed by atoms with Crippen molar-refractivity contribution in [2.45, 2.75) is 0 Å². The van der Waals surface area contributed by atoms with Gasteiger partial charge in [0.25, 0.3) is 0 Å². The molecule has 0 fully saturated rings. The van der Waals surface area contributed by atoms with Gasteiger partial charge in [0.1, 0.15) is 0 Å². The van der Waals surface area contributed by atoms with Gasteiger partial charge in [-0.3, -0.25) is 0 Å². The monoisotopic (exact) mass is 368 g/mol. The molecule has 0 aliphatic heterocycles. The number of rotatable bonds is 3. The van der Waals surface area contributed by atoms with E-state index in [1.807, 2.05) is 18.3 Å². The van der Waals surface area contributed by atoms with Crippen LogP contribution >= 0.6 is 11.3 Å². The van der Waals surface area contributed by atoms with Gasteiger partial charge in [-0.25, -0.2) is 0 Å². The molecule has 2 N–H and O–H groups in total. The van der Waals surface area contributed by atoms with Crippen LogP contribution in [0.2, 0.25) is 0 Å². The third-order valence-corrected chi connectivity index (χ3v) is 9.91. The molecule has 0 bridgehead atoms. The molecule has 0 aliphatic rings. The van der Waals surface area contributed by atoms with Crippen LogP contribution in [-0.4, -0.2) is 30.0 Å². The molecule has 1 atom stereocenters. The fraction of sp³-hybridized carbons (Fsp3) is 0. The van der Waals surface area contributed by atoms with Crippen LogP contribution < -0.4 is 13.2 Å². The van der Waals surface area contributed by atoms with Gasteiger partial charge >= 0.3 is 136 Å². The van der Waals surface area contributed by atoms with E-state index >= 15 is 0 Å². The van der Waals surface area contributed by atoms with Crippen molar-refractivity contribution in [3.63, 3.8) is 0 Å². The first kappa shape index (κ1) is 13.6. The summed E-state index contributed by atoms with van der Waals surface area (Å²) in [6.07, 6.45) is 1.81. The summed E-state index contributed by atoms with van der Waals surface area (Å²) in [5.41, 5.74) is 0. The molecule has 4 aromatic rings. The maximum absolute atomic E-state index is 9.57. The first-order valence-corrected chi connectivity index (χ1v) is 10.6. The van der Waals surface area contributed by atoms with E-state index in [4.69, 9.17) is 0 Å². The molecular formula is C17H13AsN2OS. The van der Waals surface area contributed by atoms with Gasteiger partial charge in [0.15, 0.2) is 0 Å². The zero-order valence-electron chi connectivity index (χ0n) is 11.6. The van der Waals surface area contributed by atoms with Crippen molar-refractivity contribution in [2.75, 3.05) is 0 Å². The van der Waals surface area contributed by atoms with E-state index in [0.717, 1.165) is 0 Å². The van der Waals surface area contributed by atoms with E-state index in [1.165, 1.54) is 23.3 Å². The van der Waals surface area contributed by atoms with E-state index in [1.54, 1.807) is 23.5 Å². The zero-order chi connectivity index (χ0) is 14.9. The number of nitrogens with one attached hydrogen (secondary N) is 1. The van der Waals surface area contributed by atoms with Crippen LogP contribution in [-0.2, 0) is 0 Å². The van der Waals surface area contributed by atoms with Gasteiger partial charge in [-0.1, -0.05) is 0 Å². The molecule has 2 aromatic carbocycles. The number of phenolic OH excluding ortho intramolecular Hbond substituents is 1. The first-order valence-electron chi connectivity index (χ1n) is 6.88. The molecule has 108 valence electrons. The molecule has 5 heteroatoms. The van der Waals surface area contributed by atoms with Gasteiger partial charge in [-0.05, 0) is 0 Å². The maximum atomic E-state index is 9.57. The van der Waals surface area contributed by atoms with Gasteiger partial charge in [0, 0.05) is 0 Å². The third kappa shape index (κ3) is 2.35. The normalized spacial score (nSPS) is 12.5. The van der Waals surface area contributed by atoms with Crippen LogP contribution in [0.4, 0.5) is 0 Å². The zero-order valence-corrected chi connectivity index (χ0v) is 14.3. The van der Waals surface area contributed by atoms with Gasteiger partial charge in [-0.2, -0.15) is 0 Å². The fourth-order valence-electron chi connectivity index (χ4n) is 2.52. The Hall–Kier alpha value is -2.03. The average Bonchev–Trinajstić information content (AvgIpc) is 3.20. The van der Waals surface area contributed by atoms with Crippen LogP contribution in [0.25, 0.3) is 10.1 Å². The van der Waals surface area contributed by atoms with Gasteiger partial charge in [0.2, 0.25) is 0 Å². The molecule has 2 aromatic heterocycles. The molecule has 4 rings (SSSR count). The number of H-pyrrole nitrogens is 1. The van der Waals surface area contributed by atoms with Crippen molar-refractivity contribution >= 4 is 49.3 Å². The Morgan fingerprint density at radius 2 is 1.82 bits per heavy atom. The second-order valence-corrected chi connectivity index (χ2v) is 10.3. The van der Waals surface area contributed by atoms with Crippen molar-refractivity contribution in [2.24, 2.45) is 0 Å². The van der Waals surface area contributed by atoms with E-state index in [9.17, 15) is 5.11 Å². The van der Waals surface area contributed by atoms with Crippen LogP contribution in [0.15, 0.2) is 66.2 Å². The third-order valence-electron chi connectivity index (χ3n) is 3.54. The number of hydrogen-bond donors (Lipinski definition) is 2. The molecule has 0 spiro atoms. The number of hydrogen-bond acceptors (Lipinski definition) is 3. The van der Waals surface area contributed by atoms with Gasteiger partial charge in [0.05, 0.1) is 0 Å². The summed E-state index contributed by atoms with van der Waals surface area (Å²) in [6, 6.07) is 18.2. The number of fused-ring (bicyclic) bond motifs is 1. The minimum absolute atomic E-state index is 0.303. The van der Waals surface area contributed by atoms with Gasteiger partial charge in [-0.15, -0.1) is 0 Å². The van der Waals surface area contributed by atoms with Crippen molar-refractivity contribution < 1.29 is 5.11 Å². The summed E-state index contributed by atoms with van der Waals surface area (Å²) in [6.45, 7) is 0. The Balaban J connectivity index is 1.93. The molecular weight excluding hydrogens is 355 g/mol. The molecule has 2 heterocycles. The number of phenols is 1. The molecule has 1 unspecified atom stereocenters. The van der Waals surface area contributed by atoms with Crippen molar-refractivity contribution in [3.05, 3.63) is 66.2 Å². The SMILES string of the molecule is Oc1ccc([As](c2ccn[nH]2)c2csc3ccccc23)cc1. The Morgan fingerprint density at radius 3 is 2.59 bits per heavy atom. The van der Waals surface area contributed by atoms with E-state index in [-0.39, 0.29) is 0 Å². The summed E-state index contributed by atoms with van der Waals surface area (Å²) in [5, 5.41) is 20.5. The van der Waals surface area contributed by atoms with E-state index in [0.29, 0.717) is 5.75 Å². The number of aromatic hydroxyl groups is 1. The van der Waals surface area contributed by atoms with E-state index in [2.05, 4.69) is 45.9 Å². The predicted octanol–water partition coefficient (Wildman–Crippen LogP) is 1.85. The van der Waals surface area contributed by atoms with Crippen LogP contribution in [0, 0.1) is 0 Å². The molecule has 0 radical (unpaired) electrons. The second-order valence-electron chi connectivity index (χ2n) is 4.91. The Kier molecular flexibility index (Phi) is 3.49. The second kappa shape index (κ2) is 5.63. The number of aromatic amines is 1. The number of benzene rings is 2. The van der Waals surface area contributed by atoms with Crippen molar-refractivity contribution in [3.8, 4) is 5.75 Å². The van der Waals surface area contributed by atoms with Crippen LogP contribution in [0.1, 0.15) is 0 Å². The first-order chi connectivity index (χ1) is 10.8. The fourth-order valence-corrected chi connectivity index (χ4v) is 8.96. The summed E-state index contributed by atoms with van der Waals surface area (Å²) in [4.78, 5) is 0. The molecule has 0 saturated heterocycles. The average molecular weight is 368 g/mol. The topological polar surface area (TPSA) is 48.9 Å². The summed E-state index contributed by atoms with van der Waals surface area (Å²) in [7, 11) is 0. The van der Waals surface area contributed by atoms with Crippen LogP contribution in [0.5, 0.6) is 5.75 Å². The molecule has 3 nitrogen and oxygen atoms in total. The number of aromatic nitrogens is 2. The van der Waals surface area contributed by atoms with Crippen molar-refractivity contribution in [1.29, 1.82) is 0 Å². The molecule has 22 heavy (non-hydrogen) atoms. The van der Waals surface area contributed by atoms with E-state index < -0.39 is 14.7 Å². The predicted molar refractivity (Wildman–Crippen MR) is 93.2 cm³/mol. The molecule has 0 saturated carbocycles. The summed E-state index contributed by atoms with van der Waals surface area (Å²) in [5.74, 6) is 0.303. The number of thiophene rings is 1. The number of nitrogens with zero attached hydrogens (tertiary/aromatic N) is 1. The molecule has 0 aliphatic carbocycles.